The molecule has 6 heteroatoms. The highest BCUT2D eigenvalue weighted by Crippen LogP contribution is 2.31. The third-order valence-electron chi connectivity index (χ3n) is 2.91. The molecule has 2 aromatic rings. The molecule has 0 fully saturated rings. The molecular weight excluding hydrogens is 300 g/mol. The molecule has 0 aliphatic carbocycles. The van der Waals surface area contributed by atoms with Crippen molar-refractivity contribution in [2.45, 2.75) is 30.7 Å². The van der Waals surface area contributed by atoms with Crippen LogP contribution in [0.15, 0.2) is 46.3 Å². The molecule has 0 aliphatic heterocycles. The fourth-order valence-corrected chi connectivity index (χ4v) is 2.75. The number of hydrogen-bond acceptors (Lipinski definition) is 5. The van der Waals surface area contributed by atoms with E-state index in [1.807, 2.05) is 30.3 Å². The second-order valence-electron chi connectivity index (χ2n) is 5.13. The van der Waals surface area contributed by atoms with Crippen molar-refractivity contribution in [2.24, 2.45) is 0 Å². The van der Waals surface area contributed by atoms with Crippen molar-refractivity contribution in [3.63, 3.8) is 0 Å². The number of rotatable bonds is 5. The van der Waals surface area contributed by atoms with Gasteiger partial charge in [-0.2, -0.15) is 0 Å². The van der Waals surface area contributed by atoms with Crippen LogP contribution in [0, 0.1) is 0 Å². The highest BCUT2D eigenvalue weighted by molar-refractivity contribution is 8.01. The van der Waals surface area contributed by atoms with Crippen LogP contribution in [0.1, 0.15) is 20.8 Å². The number of aromatic nitrogens is 2. The third-order valence-corrected chi connectivity index (χ3v) is 3.97. The summed E-state index contributed by atoms with van der Waals surface area (Å²) in [6, 6.07) is 10.9. The van der Waals surface area contributed by atoms with E-state index in [1.165, 1.54) is 17.8 Å². The van der Waals surface area contributed by atoms with Crippen molar-refractivity contribution in [3.8, 4) is 11.3 Å². The average Bonchev–Trinajstić information content (AvgIpc) is 2.47. The number of ether oxygens (including phenoxy) is 1. The lowest BCUT2D eigenvalue weighted by Gasteiger charge is -2.20. The molecule has 1 N–H and O–H groups in total. The van der Waals surface area contributed by atoms with E-state index < -0.39 is 4.75 Å². The first-order valence-electron chi connectivity index (χ1n) is 6.95. The average molecular weight is 318 g/mol. The normalized spacial score (nSPS) is 11.2. The number of carbonyl (C=O) groups excluding carboxylic acids is 1. The Morgan fingerprint density at radius 1 is 1.32 bits per heavy atom. The molecule has 0 saturated heterocycles. The molecule has 2 rings (SSSR count). The first-order valence-corrected chi connectivity index (χ1v) is 7.77. The fraction of sp³-hybridized carbons (Fsp3) is 0.312. The molecule has 0 atom stereocenters. The van der Waals surface area contributed by atoms with Gasteiger partial charge in [-0.3, -0.25) is 9.59 Å². The van der Waals surface area contributed by atoms with Crippen molar-refractivity contribution < 1.29 is 9.53 Å². The predicted molar refractivity (Wildman–Crippen MR) is 86.9 cm³/mol. The number of nitrogens with one attached hydrogen (secondary N) is 1. The minimum atomic E-state index is -0.832. The summed E-state index contributed by atoms with van der Waals surface area (Å²) in [6.07, 6.45) is 0. The minimum Gasteiger partial charge on any atom is -0.465 e. The molecule has 0 amide bonds. The maximum Gasteiger partial charge on any atom is 0.322 e. The highest BCUT2D eigenvalue weighted by Gasteiger charge is 2.31. The fourth-order valence-electron chi connectivity index (χ4n) is 1.83. The van der Waals surface area contributed by atoms with Gasteiger partial charge >= 0.3 is 5.97 Å². The van der Waals surface area contributed by atoms with Gasteiger partial charge in [0, 0.05) is 11.6 Å². The zero-order valence-corrected chi connectivity index (χ0v) is 13.6. The van der Waals surface area contributed by atoms with Gasteiger partial charge in [0.15, 0.2) is 5.16 Å². The van der Waals surface area contributed by atoms with E-state index >= 15 is 0 Å². The smallest absolute Gasteiger partial charge is 0.322 e. The van der Waals surface area contributed by atoms with Gasteiger partial charge < -0.3 is 9.72 Å². The molecule has 0 spiro atoms. The van der Waals surface area contributed by atoms with Crippen LogP contribution in [-0.4, -0.2) is 27.3 Å². The second kappa shape index (κ2) is 6.79. The summed E-state index contributed by atoms with van der Waals surface area (Å²) in [5, 5.41) is 0.393. The van der Waals surface area contributed by atoms with E-state index in [1.54, 1.807) is 20.8 Å². The third kappa shape index (κ3) is 3.98. The second-order valence-corrected chi connectivity index (χ2v) is 6.75. The van der Waals surface area contributed by atoms with Crippen LogP contribution in [0.3, 0.4) is 0 Å². The van der Waals surface area contributed by atoms with Crippen LogP contribution >= 0.6 is 11.8 Å². The molecule has 0 aliphatic rings. The Bertz CT molecular complexity index is 711. The largest absolute Gasteiger partial charge is 0.465 e. The van der Waals surface area contributed by atoms with Crippen molar-refractivity contribution in [1.82, 2.24) is 9.97 Å². The number of esters is 1. The van der Waals surface area contributed by atoms with Gasteiger partial charge in [0.05, 0.1) is 12.3 Å². The molecule has 5 nitrogen and oxygen atoms in total. The first-order chi connectivity index (χ1) is 10.4. The zero-order valence-electron chi connectivity index (χ0n) is 12.8. The van der Waals surface area contributed by atoms with Crippen molar-refractivity contribution in [1.29, 1.82) is 0 Å². The SMILES string of the molecule is CCOC(=O)C(C)(C)Sc1nc(-c2ccccc2)cc(=O)[nH]1. The molecule has 0 radical (unpaired) electrons. The van der Waals surface area contributed by atoms with Crippen LogP contribution in [0.4, 0.5) is 0 Å². The van der Waals surface area contributed by atoms with Crippen LogP contribution in [0.25, 0.3) is 11.3 Å². The summed E-state index contributed by atoms with van der Waals surface area (Å²) in [5.41, 5.74) is 1.17. The Kier molecular flexibility index (Phi) is 5.03. The van der Waals surface area contributed by atoms with E-state index in [9.17, 15) is 9.59 Å². The van der Waals surface area contributed by atoms with Gasteiger partial charge in [0.1, 0.15) is 4.75 Å². The molecule has 116 valence electrons. The van der Waals surface area contributed by atoms with Gasteiger partial charge in [-0.05, 0) is 20.8 Å². The number of H-pyrrole nitrogens is 1. The Morgan fingerprint density at radius 2 is 2.00 bits per heavy atom. The monoisotopic (exact) mass is 318 g/mol. The first kappa shape index (κ1) is 16.3. The van der Waals surface area contributed by atoms with E-state index in [2.05, 4.69) is 9.97 Å². The maximum absolute atomic E-state index is 11.9. The number of aromatic amines is 1. The van der Waals surface area contributed by atoms with Gasteiger partial charge in [0.25, 0.3) is 5.56 Å². The summed E-state index contributed by atoms with van der Waals surface area (Å²) in [6.45, 7) is 5.56. The Morgan fingerprint density at radius 3 is 2.64 bits per heavy atom. The van der Waals surface area contributed by atoms with Gasteiger partial charge in [-0.15, -0.1) is 0 Å². The summed E-state index contributed by atoms with van der Waals surface area (Å²) in [5.74, 6) is -0.340. The molecular formula is C16H18N2O3S. The lowest BCUT2D eigenvalue weighted by atomic mass is 10.1. The van der Waals surface area contributed by atoms with Crippen LogP contribution in [0.5, 0.6) is 0 Å². The highest BCUT2D eigenvalue weighted by atomic mass is 32.2. The Labute approximate surface area is 133 Å². The van der Waals surface area contributed by atoms with Crippen molar-refractivity contribution in [2.75, 3.05) is 6.61 Å². The molecule has 1 aromatic carbocycles. The maximum atomic E-state index is 11.9. The van der Waals surface area contributed by atoms with E-state index in [0.29, 0.717) is 17.5 Å². The summed E-state index contributed by atoms with van der Waals surface area (Å²) in [4.78, 5) is 30.9. The van der Waals surface area contributed by atoms with E-state index in [4.69, 9.17) is 4.74 Å². The lowest BCUT2D eigenvalue weighted by Crippen LogP contribution is -2.30. The topological polar surface area (TPSA) is 72.0 Å². The number of benzene rings is 1. The van der Waals surface area contributed by atoms with Crippen molar-refractivity contribution in [3.05, 3.63) is 46.8 Å². The molecule has 0 bridgehead atoms. The number of nitrogens with zero attached hydrogens (tertiary/aromatic N) is 1. The Balaban J connectivity index is 2.31. The quantitative estimate of drug-likeness (QED) is 0.521. The van der Waals surface area contributed by atoms with Crippen LogP contribution in [0.2, 0.25) is 0 Å². The molecule has 0 saturated carbocycles. The van der Waals surface area contributed by atoms with Gasteiger partial charge in [-0.25, -0.2) is 4.98 Å². The van der Waals surface area contributed by atoms with E-state index in [0.717, 1.165) is 5.56 Å². The van der Waals surface area contributed by atoms with Crippen molar-refractivity contribution >= 4 is 17.7 Å². The summed E-state index contributed by atoms with van der Waals surface area (Å²) in [7, 11) is 0. The van der Waals surface area contributed by atoms with E-state index in [-0.39, 0.29) is 11.5 Å². The number of hydrogen-bond donors (Lipinski definition) is 1. The standard InChI is InChI=1S/C16H18N2O3S/c1-4-21-14(20)16(2,3)22-15-17-12(10-13(19)18-15)11-8-6-5-7-9-11/h5-10H,4H2,1-3H3,(H,17,18,19). The summed E-state index contributed by atoms with van der Waals surface area (Å²) < 4.78 is 4.21. The lowest BCUT2D eigenvalue weighted by molar-refractivity contribution is -0.145. The predicted octanol–water partition coefficient (Wildman–Crippen LogP) is 2.87. The van der Waals surface area contributed by atoms with Crippen LogP contribution in [-0.2, 0) is 9.53 Å². The van der Waals surface area contributed by atoms with Gasteiger partial charge in [0.2, 0.25) is 0 Å². The van der Waals surface area contributed by atoms with Crippen LogP contribution < -0.4 is 5.56 Å². The molecule has 1 aromatic heterocycles. The zero-order chi connectivity index (χ0) is 16.2. The summed E-state index contributed by atoms with van der Waals surface area (Å²) >= 11 is 1.18. The number of carbonyl (C=O) groups is 1. The Hall–Kier alpha value is -2.08. The molecule has 0 unspecified atom stereocenters. The molecule has 22 heavy (non-hydrogen) atoms. The minimum absolute atomic E-state index is 0.254. The van der Waals surface area contributed by atoms with Gasteiger partial charge in [-0.1, -0.05) is 42.1 Å². The number of thioether (sulfide) groups is 1. The molecule has 1 heterocycles.